The van der Waals surface area contributed by atoms with Crippen molar-refractivity contribution in [3.8, 4) is 0 Å². The molecule has 0 aliphatic carbocycles. The first-order valence-corrected chi connectivity index (χ1v) is 12.6. The molecule has 1 amide bonds. The molecule has 0 fully saturated rings. The van der Waals surface area contributed by atoms with Crippen molar-refractivity contribution in [1.82, 2.24) is 19.2 Å². The van der Waals surface area contributed by atoms with Crippen LogP contribution < -0.4 is 5.32 Å². The van der Waals surface area contributed by atoms with Crippen molar-refractivity contribution in [1.29, 1.82) is 0 Å². The fraction of sp³-hybridized carbons (Fsp3) is 0.600. The Bertz CT molecular complexity index is 937. The van der Waals surface area contributed by atoms with Crippen LogP contribution in [0, 0.1) is 0 Å². The van der Waals surface area contributed by atoms with Gasteiger partial charge in [0, 0.05) is 25.7 Å². The van der Waals surface area contributed by atoms with Gasteiger partial charge in [-0.2, -0.15) is 4.31 Å². The summed E-state index contributed by atoms with van der Waals surface area (Å²) in [6.07, 6.45) is 1.98. The molecule has 0 aliphatic rings. The summed E-state index contributed by atoms with van der Waals surface area (Å²) in [5, 5.41) is 3.72. The summed E-state index contributed by atoms with van der Waals surface area (Å²) in [5.41, 5.74) is 1.50. The lowest BCUT2D eigenvalue weighted by Crippen LogP contribution is -2.33. The summed E-state index contributed by atoms with van der Waals surface area (Å²) in [7, 11) is -3.53. The van der Waals surface area contributed by atoms with Crippen LogP contribution in [0.25, 0.3) is 11.0 Å². The molecular formula is C20H32N4O3S2. The number of rotatable bonds is 11. The van der Waals surface area contributed by atoms with Gasteiger partial charge in [-0.3, -0.25) is 4.79 Å². The number of amides is 1. The molecule has 0 radical (unpaired) electrons. The second-order valence-corrected chi connectivity index (χ2v) is 9.80. The zero-order valence-electron chi connectivity index (χ0n) is 17.9. The molecule has 0 bridgehead atoms. The zero-order chi connectivity index (χ0) is 21.6. The standard InChI is InChI=1S/C20H32N4O3S2/c1-6-10-15(5)21-19(25)14-28-20-22-17-13-16(11-12-18(17)24(20)9-4)29(26,27)23(7-2)8-3/h11-13,15H,6-10,14H2,1-5H3,(H,21,25)/t15-/m0/s1. The summed E-state index contributed by atoms with van der Waals surface area (Å²) in [6.45, 7) is 11.3. The van der Waals surface area contributed by atoms with Crippen LogP contribution >= 0.6 is 11.8 Å². The highest BCUT2D eigenvalue weighted by Crippen LogP contribution is 2.27. The van der Waals surface area contributed by atoms with E-state index in [9.17, 15) is 13.2 Å². The number of carbonyl (C=O) groups is 1. The van der Waals surface area contributed by atoms with Crippen LogP contribution in [0.1, 0.15) is 47.5 Å². The lowest BCUT2D eigenvalue weighted by molar-refractivity contribution is -0.119. The summed E-state index contributed by atoms with van der Waals surface area (Å²) in [6, 6.07) is 5.22. The largest absolute Gasteiger partial charge is 0.353 e. The summed E-state index contributed by atoms with van der Waals surface area (Å²) >= 11 is 1.37. The molecular weight excluding hydrogens is 408 g/mol. The fourth-order valence-electron chi connectivity index (χ4n) is 3.33. The van der Waals surface area contributed by atoms with E-state index in [1.165, 1.54) is 16.1 Å². The van der Waals surface area contributed by atoms with Gasteiger partial charge in [0.05, 0.1) is 21.7 Å². The molecule has 1 aromatic heterocycles. The third-order valence-electron chi connectivity index (χ3n) is 4.81. The molecule has 0 spiro atoms. The maximum atomic E-state index is 12.8. The van der Waals surface area contributed by atoms with Gasteiger partial charge in [0.25, 0.3) is 0 Å². The Morgan fingerprint density at radius 1 is 1.24 bits per heavy atom. The molecule has 1 heterocycles. The average Bonchev–Trinajstić information content (AvgIpc) is 3.03. The minimum absolute atomic E-state index is 0.0181. The van der Waals surface area contributed by atoms with E-state index in [1.54, 1.807) is 18.2 Å². The molecule has 7 nitrogen and oxygen atoms in total. The number of benzene rings is 1. The molecule has 1 N–H and O–H groups in total. The molecule has 9 heteroatoms. The van der Waals surface area contributed by atoms with Gasteiger partial charge in [0.15, 0.2) is 5.16 Å². The number of thioether (sulfide) groups is 1. The predicted molar refractivity (Wildman–Crippen MR) is 119 cm³/mol. The number of sulfonamides is 1. The minimum atomic E-state index is -3.53. The number of carbonyl (C=O) groups excluding carboxylic acids is 1. The van der Waals surface area contributed by atoms with Crippen LogP contribution in [-0.2, 0) is 21.4 Å². The second kappa shape index (κ2) is 10.4. The van der Waals surface area contributed by atoms with Crippen molar-refractivity contribution >= 4 is 38.7 Å². The highest BCUT2D eigenvalue weighted by Gasteiger charge is 2.23. The van der Waals surface area contributed by atoms with Crippen LogP contribution in [0.5, 0.6) is 0 Å². The van der Waals surface area contributed by atoms with E-state index in [-0.39, 0.29) is 22.6 Å². The summed E-state index contributed by atoms with van der Waals surface area (Å²) in [5.74, 6) is 0.262. The number of imidazole rings is 1. The van der Waals surface area contributed by atoms with Gasteiger partial charge in [-0.25, -0.2) is 13.4 Å². The number of aromatic nitrogens is 2. The lowest BCUT2D eigenvalue weighted by Gasteiger charge is -2.18. The van der Waals surface area contributed by atoms with Crippen molar-refractivity contribution in [2.45, 2.75) is 70.1 Å². The van der Waals surface area contributed by atoms with Crippen LogP contribution in [0.2, 0.25) is 0 Å². The van der Waals surface area contributed by atoms with E-state index in [4.69, 9.17) is 0 Å². The minimum Gasteiger partial charge on any atom is -0.353 e. The van der Waals surface area contributed by atoms with Gasteiger partial charge >= 0.3 is 0 Å². The molecule has 0 unspecified atom stereocenters. The maximum absolute atomic E-state index is 12.8. The molecule has 0 aliphatic heterocycles. The van der Waals surface area contributed by atoms with E-state index >= 15 is 0 Å². The number of hydrogen-bond acceptors (Lipinski definition) is 5. The highest BCUT2D eigenvalue weighted by molar-refractivity contribution is 7.99. The molecule has 1 atom stereocenters. The van der Waals surface area contributed by atoms with Crippen LogP contribution in [0.4, 0.5) is 0 Å². The number of hydrogen-bond donors (Lipinski definition) is 1. The molecule has 2 rings (SSSR count). The normalized spacial score (nSPS) is 13.2. The Hall–Kier alpha value is -1.58. The lowest BCUT2D eigenvalue weighted by atomic mass is 10.2. The van der Waals surface area contributed by atoms with E-state index in [0.717, 1.165) is 23.5 Å². The molecule has 0 saturated heterocycles. The average molecular weight is 441 g/mol. The molecule has 1 aromatic carbocycles. The van der Waals surface area contributed by atoms with Gasteiger partial charge in [-0.15, -0.1) is 0 Å². The number of nitrogens with zero attached hydrogens (tertiary/aromatic N) is 3. The zero-order valence-corrected chi connectivity index (χ0v) is 19.6. The summed E-state index contributed by atoms with van der Waals surface area (Å²) in [4.78, 5) is 17.1. The number of aryl methyl sites for hydroxylation is 1. The maximum Gasteiger partial charge on any atom is 0.243 e. The van der Waals surface area contributed by atoms with Gasteiger partial charge in [0.1, 0.15) is 0 Å². The van der Waals surface area contributed by atoms with E-state index in [2.05, 4.69) is 17.2 Å². The van der Waals surface area contributed by atoms with Crippen molar-refractivity contribution in [2.75, 3.05) is 18.8 Å². The van der Waals surface area contributed by atoms with Crippen molar-refractivity contribution < 1.29 is 13.2 Å². The molecule has 0 saturated carbocycles. The van der Waals surface area contributed by atoms with Crippen molar-refractivity contribution in [3.63, 3.8) is 0 Å². The monoisotopic (exact) mass is 440 g/mol. The van der Waals surface area contributed by atoms with Crippen LogP contribution in [0.15, 0.2) is 28.3 Å². The smallest absolute Gasteiger partial charge is 0.243 e. The Balaban J connectivity index is 2.26. The molecule has 2 aromatic rings. The quantitative estimate of drug-likeness (QED) is 0.541. The SMILES string of the molecule is CCC[C@H](C)NC(=O)CSc1nc2cc(S(=O)(=O)N(CC)CC)ccc2n1CC. The Morgan fingerprint density at radius 3 is 2.52 bits per heavy atom. The molecule has 29 heavy (non-hydrogen) atoms. The van der Waals surface area contributed by atoms with E-state index in [1.807, 2.05) is 32.3 Å². The Morgan fingerprint density at radius 2 is 1.93 bits per heavy atom. The van der Waals surface area contributed by atoms with Crippen molar-refractivity contribution in [3.05, 3.63) is 18.2 Å². The first-order valence-electron chi connectivity index (χ1n) is 10.2. The third kappa shape index (κ3) is 5.52. The number of fused-ring (bicyclic) bond motifs is 1. The summed E-state index contributed by atoms with van der Waals surface area (Å²) < 4.78 is 29.1. The van der Waals surface area contributed by atoms with Crippen LogP contribution in [-0.4, -0.2) is 53.1 Å². The Kier molecular flexibility index (Phi) is 8.54. The van der Waals surface area contributed by atoms with Gasteiger partial charge in [0.2, 0.25) is 15.9 Å². The van der Waals surface area contributed by atoms with Gasteiger partial charge in [-0.05, 0) is 38.5 Å². The molecule has 162 valence electrons. The number of nitrogens with one attached hydrogen (secondary N) is 1. The Labute approximate surface area is 178 Å². The first-order chi connectivity index (χ1) is 13.8. The highest BCUT2D eigenvalue weighted by atomic mass is 32.2. The fourth-order valence-corrected chi connectivity index (χ4v) is 5.70. The van der Waals surface area contributed by atoms with Crippen LogP contribution in [0.3, 0.4) is 0 Å². The second-order valence-electron chi connectivity index (χ2n) is 6.92. The predicted octanol–water partition coefficient (Wildman–Crippen LogP) is 3.48. The van der Waals surface area contributed by atoms with Gasteiger partial charge in [-0.1, -0.05) is 39.0 Å². The van der Waals surface area contributed by atoms with E-state index in [0.29, 0.717) is 25.2 Å². The van der Waals surface area contributed by atoms with E-state index < -0.39 is 10.0 Å². The van der Waals surface area contributed by atoms with Crippen molar-refractivity contribution in [2.24, 2.45) is 0 Å². The third-order valence-corrected chi connectivity index (χ3v) is 7.83. The topological polar surface area (TPSA) is 84.3 Å². The van der Waals surface area contributed by atoms with Gasteiger partial charge < -0.3 is 9.88 Å². The first kappa shape index (κ1) is 23.7.